The molecule has 1 aromatic carbocycles. The van der Waals surface area contributed by atoms with Crippen molar-refractivity contribution in [2.75, 3.05) is 6.61 Å². The largest absolute Gasteiger partial charge is 0.396 e. The van der Waals surface area contributed by atoms with Crippen LogP contribution in [-0.4, -0.2) is 11.7 Å². The molecule has 0 spiro atoms. The Morgan fingerprint density at radius 3 is 2.42 bits per heavy atom. The van der Waals surface area contributed by atoms with E-state index in [1.807, 2.05) is 0 Å². The van der Waals surface area contributed by atoms with Gasteiger partial charge in [0.1, 0.15) is 0 Å². The summed E-state index contributed by atoms with van der Waals surface area (Å²) in [6.45, 7) is 4.71. The molecule has 1 aliphatic rings. The molecule has 0 amide bonds. The van der Waals surface area contributed by atoms with Crippen molar-refractivity contribution in [1.29, 1.82) is 0 Å². The topological polar surface area (TPSA) is 20.2 Å². The van der Waals surface area contributed by atoms with Gasteiger partial charge in [-0.05, 0) is 36.3 Å². The van der Waals surface area contributed by atoms with Crippen molar-refractivity contribution in [1.82, 2.24) is 0 Å². The summed E-state index contributed by atoms with van der Waals surface area (Å²) in [6.07, 6.45) is 11.7. The highest BCUT2D eigenvalue weighted by Gasteiger charge is 2.28. The fourth-order valence-electron chi connectivity index (χ4n) is 2.80. The van der Waals surface area contributed by atoms with E-state index in [0.717, 1.165) is 19.3 Å². The third-order valence-corrected chi connectivity index (χ3v) is 4.08. The SMILES string of the molecule is CC(C)c1ccc(C2(CCCO)C=CC=CC2)cc1. The van der Waals surface area contributed by atoms with Gasteiger partial charge in [-0.15, -0.1) is 0 Å². The number of rotatable bonds is 5. The molecule has 102 valence electrons. The molecule has 2 rings (SSSR count). The Bertz CT molecular complexity index is 453. The maximum atomic E-state index is 9.13. The van der Waals surface area contributed by atoms with E-state index in [9.17, 15) is 0 Å². The summed E-state index contributed by atoms with van der Waals surface area (Å²) in [5.41, 5.74) is 2.83. The number of hydrogen-bond donors (Lipinski definition) is 1. The number of benzene rings is 1. The van der Waals surface area contributed by atoms with Crippen LogP contribution in [0.5, 0.6) is 0 Å². The molecule has 1 unspecified atom stereocenters. The van der Waals surface area contributed by atoms with E-state index in [-0.39, 0.29) is 12.0 Å². The molecule has 0 fully saturated rings. The molecule has 1 aromatic rings. The summed E-state index contributed by atoms with van der Waals surface area (Å²) < 4.78 is 0. The highest BCUT2D eigenvalue weighted by molar-refractivity contribution is 5.37. The van der Waals surface area contributed by atoms with Crippen LogP contribution >= 0.6 is 0 Å². The first-order chi connectivity index (χ1) is 9.18. The van der Waals surface area contributed by atoms with Crippen LogP contribution in [0.4, 0.5) is 0 Å². The highest BCUT2D eigenvalue weighted by Crippen LogP contribution is 2.37. The summed E-state index contributed by atoms with van der Waals surface area (Å²) in [5.74, 6) is 0.573. The Morgan fingerprint density at radius 2 is 1.89 bits per heavy atom. The van der Waals surface area contributed by atoms with Gasteiger partial charge in [0.15, 0.2) is 0 Å². The highest BCUT2D eigenvalue weighted by atomic mass is 16.2. The van der Waals surface area contributed by atoms with Crippen LogP contribution in [0.2, 0.25) is 0 Å². The maximum absolute atomic E-state index is 9.13. The Balaban J connectivity index is 2.28. The first-order valence-corrected chi connectivity index (χ1v) is 7.24. The molecular formula is C18H24O. The van der Waals surface area contributed by atoms with Crippen molar-refractivity contribution in [2.45, 2.75) is 44.4 Å². The van der Waals surface area contributed by atoms with Gasteiger partial charge in [-0.25, -0.2) is 0 Å². The minimum Gasteiger partial charge on any atom is -0.396 e. The molecule has 1 aliphatic carbocycles. The third-order valence-electron chi connectivity index (χ3n) is 4.08. The normalized spacial score (nSPS) is 22.1. The number of aliphatic hydroxyl groups is 1. The maximum Gasteiger partial charge on any atom is 0.0431 e. The van der Waals surface area contributed by atoms with Crippen molar-refractivity contribution in [3.05, 3.63) is 59.7 Å². The first-order valence-electron chi connectivity index (χ1n) is 7.24. The summed E-state index contributed by atoms with van der Waals surface area (Å²) in [4.78, 5) is 0. The predicted molar refractivity (Wildman–Crippen MR) is 81.4 cm³/mol. The second-order valence-electron chi connectivity index (χ2n) is 5.75. The van der Waals surface area contributed by atoms with E-state index in [1.165, 1.54) is 11.1 Å². The lowest BCUT2D eigenvalue weighted by atomic mass is 9.72. The van der Waals surface area contributed by atoms with Gasteiger partial charge in [-0.2, -0.15) is 0 Å². The summed E-state index contributed by atoms with van der Waals surface area (Å²) in [5, 5.41) is 9.13. The molecule has 0 heterocycles. The van der Waals surface area contributed by atoms with Crippen LogP contribution in [0, 0.1) is 0 Å². The molecular weight excluding hydrogens is 232 g/mol. The lowest BCUT2D eigenvalue weighted by molar-refractivity contribution is 0.270. The lowest BCUT2D eigenvalue weighted by Crippen LogP contribution is -2.24. The average Bonchev–Trinajstić information content (AvgIpc) is 2.46. The average molecular weight is 256 g/mol. The van der Waals surface area contributed by atoms with Gasteiger partial charge in [-0.1, -0.05) is 62.4 Å². The Labute approximate surface area is 116 Å². The summed E-state index contributed by atoms with van der Waals surface area (Å²) in [7, 11) is 0. The van der Waals surface area contributed by atoms with Gasteiger partial charge in [0.2, 0.25) is 0 Å². The molecule has 1 heteroatoms. The molecule has 0 saturated carbocycles. The molecule has 19 heavy (non-hydrogen) atoms. The molecule has 0 saturated heterocycles. The first kappa shape index (κ1) is 14.1. The van der Waals surface area contributed by atoms with Crippen LogP contribution in [-0.2, 0) is 5.41 Å². The van der Waals surface area contributed by atoms with Crippen molar-refractivity contribution in [2.24, 2.45) is 0 Å². The van der Waals surface area contributed by atoms with Crippen LogP contribution in [0.1, 0.15) is 50.2 Å². The zero-order valence-corrected chi connectivity index (χ0v) is 12.0. The van der Waals surface area contributed by atoms with Gasteiger partial charge in [-0.3, -0.25) is 0 Å². The summed E-state index contributed by atoms with van der Waals surface area (Å²) in [6, 6.07) is 9.01. The van der Waals surface area contributed by atoms with Gasteiger partial charge >= 0.3 is 0 Å². The molecule has 1 nitrogen and oxygen atoms in total. The van der Waals surface area contributed by atoms with Gasteiger partial charge in [0.05, 0.1) is 0 Å². The second-order valence-corrected chi connectivity index (χ2v) is 5.75. The van der Waals surface area contributed by atoms with Crippen molar-refractivity contribution in [3.63, 3.8) is 0 Å². The molecule has 0 radical (unpaired) electrons. The monoisotopic (exact) mass is 256 g/mol. The Kier molecular flexibility index (Phi) is 4.60. The summed E-state index contributed by atoms with van der Waals surface area (Å²) >= 11 is 0. The molecule has 0 aromatic heterocycles. The van der Waals surface area contributed by atoms with Crippen molar-refractivity contribution >= 4 is 0 Å². The zero-order valence-electron chi connectivity index (χ0n) is 12.0. The van der Waals surface area contributed by atoms with E-state index in [2.05, 4.69) is 62.4 Å². The fourth-order valence-corrected chi connectivity index (χ4v) is 2.80. The van der Waals surface area contributed by atoms with Crippen molar-refractivity contribution < 1.29 is 5.11 Å². The quantitative estimate of drug-likeness (QED) is 0.831. The van der Waals surface area contributed by atoms with Crippen LogP contribution in [0.3, 0.4) is 0 Å². The Morgan fingerprint density at radius 1 is 1.16 bits per heavy atom. The standard InChI is InChI=1S/C18H24O/c1-15(2)16-7-9-17(10-8-16)18(13-6-14-19)11-4-3-5-12-18/h3-5,7-11,15,19H,6,12-14H2,1-2H3. The van der Waals surface area contributed by atoms with Gasteiger partial charge < -0.3 is 5.11 Å². The molecule has 1 N–H and O–H groups in total. The van der Waals surface area contributed by atoms with Crippen molar-refractivity contribution in [3.8, 4) is 0 Å². The lowest BCUT2D eigenvalue weighted by Gasteiger charge is -2.32. The fraction of sp³-hybridized carbons (Fsp3) is 0.444. The predicted octanol–water partition coefficient (Wildman–Crippen LogP) is 4.34. The van der Waals surface area contributed by atoms with E-state index in [1.54, 1.807) is 0 Å². The van der Waals surface area contributed by atoms with E-state index in [0.29, 0.717) is 5.92 Å². The van der Waals surface area contributed by atoms with Crippen LogP contribution < -0.4 is 0 Å². The van der Waals surface area contributed by atoms with Crippen LogP contribution in [0.15, 0.2) is 48.6 Å². The molecule has 0 bridgehead atoms. The van der Waals surface area contributed by atoms with Gasteiger partial charge in [0, 0.05) is 12.0 Å². The molecule has 0 aliphatic heterocycles. The number of hydrogen-bond acceptors (Lipinski definition) is 1. The third kappa shape index (κ3) is 3.16. The zero-order chi connectivity index (χ0) is 13.7. The minimum atomic E-state index is 0.0764. The Hall–Kier alpha value is -1.34. The van der Waals surface area contributed by atoms with E-state index in [4.69, 9.17) is 5.11 Å². The number of allylic oxidation sites excluding steroid dienone is 4. The van der Waals surface area contributed by atoms with Crippen LogP contribution in [0.25, 0.3) is 0 Å². The molecule has 1 atom stereocenters. The van der Waals surface area contributed by atoms with E-state index >= 15 is 0 Å². The second kappa shape index (κ2) is 6.21. The van der Waals surface area contributed by atoms with E-state index < -0.39 is 0 Å². The smallest absolute Gasteiger partial charge is 0.0431 e. The van der Waals surface area contributed by atoms with Gasteiger partial charge in [0.25, 0.3) is 0 Å². The number of aliphatic hydroxyl groups excluding tert-OH is 1. The minimum absolute atomic E-state index is 0.0764.